The van der Waals surface area contributed by atoms with Crippen LogP contribution < -0.4 is 4.90 Å². The third-order valence-corrected chi connectivity index (χ3v) is 4.81. The summed E-state index contributed by atoms with van der Waals surface area (Å²) in [6.45, 7) is 0.988. The fourth-order valence-corrected chi connectivity index (χ4v) is 3.39. The summed E-state index contributed by atoms with van der Waals surface area (Å²) in [4.78, 5) is 41.7. The predicted molar refractivity (Wildman–Crippen MR) is 104 cm³/mol. The molecule has 2 aromatic heterocycles. The number of esters is 1. The zero-order valence-corrected chi connectivity index (χ0v) is 17.3. The van der Waals surface area contributed by atoms with Gasteiger partial charge in [0.2, 0.25) is 0 Å². The van der Waals surface area contributed by atoms with Crippen LogP contribution in [0, 0.1) is 0 Å². The Morgan fingerprint density at radius 3 is 2.58 bits per heavy atom. The number of nitrogens with zero attached hydrogens (tertiary/aromatic N) is 5. The van der Waals surface area contributed by atoms with Crippen LogP contribution in [0.4, 0.5) is 19.0 Å². The van der Waals surface area contributed by atoms with Gasteiger partial charge in [-0.05, 0) is 19.8 Å². The molecule has 9 nitrogen and oxygen atoms in total. The largest absolute Gasteiger partial charge is 0.461 e. The molecule has 2 aromatic rings. The van der Waals surface area contributed by atoms with Crippen molar-refractivity contribution in [2.75, 3.05) is 31.1 Å². The fraction of sp³-hybridized carbons (Fsp3) is 0.500. The molecule has 1 N–H and O–H groups in total. The van der Waals surface area contributed by atoms with E-state index in [1.807, 2.05) is 4.90 Å². The number of carbonyl (C=O) groups excluding carboxylic acids is 2. The van der Waals surface area contributed by atoms with Gasteiger partial charge in [-0.1, -0.05) is 11.6 Å². The van der Waals surface area contributed by atoms with E-state index >= 15 is 0 Å². The van der Waals surface area contributed by atoms with Gasteiger partial charge in [-0.3, -0.25) is 4.79 Å². The minimum atomic E-state index is -4.70. The minimum absolute atomic E-state index is 0.00572. The van der Waals surface area contributed by atoms with Crippen LogP contribution in [-0.2, 0) is 11.3 Å². The van der Waals surface area contributed by atoms with Gasteiger partial charge in [-0.15, -0.1) is 0 Å². The number of aromatic nitrogens is 4. The first-order valence-electron chi connectivity index (χ1n) is 9.52. The molecule has 0 bridgehead atoms. The summed E-state index contributed by atoms with van der Waals surface area (Å²) in [5, 5.41) is -0.295. The number of amides is 1. The lowest BCUT2D eigenvalue weighted by atomic mass is 10.2. The van der Waals surface area contributed by atoms with E-state index in [4.69, 9.17) is 16.3 Å². The number of halogens is 4. The van der Waals surface area contributed by atoms with Crippen molar-refractivity contribution in [3.63, 3.8) is 0 Å². The fourth-order valence-electron chi connectivity index (χ4n) is 3.17. The molecule has 0 aromatic carbocycles. The number of hydrogen-bond donors (Lipinski definition) is 1. The van der Waals surface area contributed by atoms with Crippen molar-refractivity contribution in [2.24, 2.45) is 0 Å². The Kier molecular flexibility index (Phi) is 6.98. The number of rotatable bonds is 7. The first kappa shape index (κ1) is 22.8. The Hall–Kier alpha value is -2.89. The van der Waals surface area contributed by atoms with Crippen LogP contribution in [0.1, 0.15) is 46.4 Å². The van der Waals surface area contributed by atoms with Gasteiger partial charge in [0.05, 0.1) is 31.4 Å². The highest BCUT2D eigenvalue weighted by Crippen LogP contribution is 2.24. The molecule has 0 unspecified atom stereocenters. The summed E-state index contributed by atoms with van der Waals surface area (Å²) < 4.78 is 44.4. The van der Waals surface area contributed by atoms with Gasteiger partial charge in [0, 0.05) is 13.1 Å². The molecule has 0 atom stereocenters. The maximum atomic E-state index is 13.2. The standard InChI is InChI=1S/C18H20ClF3N6O3/c1-2-31-17(30)13-11(24-10-25-13)8-28(9-18(20,21)22)16(29)14-15(19)26-12(7-23-14)27-5-3-4-6-27/h7,10H,2-6,8-9H2,1H3,(H,24,25). The van der Waals surface area contributed by atoms with Gasteiger partial charge in [0.1, 0.15) is 12.4 Å². The zero-order valence-electron chi connectivity index (χ0n) is 16.6. The van der Waals surface area contributed by atoms with Crippen molar-refractivity contribution in [3.8, 4) is 0 Å². The molecule has 1 aliphatic heterocycles. The van der Waals surface area contributed by atoms with E-state index < -0.39 is 36.8 Å². The van der Waals surface area contributed by atoms with Crippen molar-refractivity contribution >= 4 is 29.3 Å². The monoisotopic (exact) mass is 460 g/mol. The van der Waals surface area contributed by atoms with Crippen molar-refractivity contribution in [2.45, 2.75) is 32.5 Å². The Morgan fingerprint density at radius 2 is 1.97 bits per heavy atom. The molecule has 168 valence electrons. The molecular formula is C18H20ClF3N6O3. The first-order valence-corrected chi connectivity index (χ1v) is 9.90. The second-order valence-corrected chi connectivity index (χ2v) is 7.15. The predicted octanol–water partition coefficient (Wildman–Crippen LogP) is 2.83. The van der Waals surface area contributed by atoms with E-state index in [9.17, 15) is 22.8 Å². The quantitative estimate of drug-likeness (QED) is 0.633. The highest BCUT2D eigenvalue weighted by molar-refractivity contribution is 6.32. The topological polar surface area (TPSA) is 104 Å². The van der Waals surface area contributed by atoms with Crippen LogP contribution in [0.2, 0.25) is 5.15 Å². The third-order valence-electron chi connectivity index (χ3n) is 4.54. The minimum Gasteiger partial charge on any atom is -0.461 e. The van der Waals surface area contributed by atoms with E-state index in [1.54, 1.807) is 6.92 Å². The van der Waals surface area contributed by atoms with Crippen LogP contribution in [-0.4, -0.2) is 69.1 Å². The van der Waals surface area contributed by atoms with Crippen molar-refractivity contribution in [3.05, 3.63) is 34.8 Å². The molecule has 13 heteroatoms. The number of carbonyl (C=O) groups is 2. The Balaban J connectivity index is 1.86. The maximum Gasteiger partial charge on any atom is 0.406 e. The van der Waals surface area contributed by atoms with Gasteiger partial charge in [-0.2, -0.15) is 13.2 Å². The lowest BCUT2D eigenvalue weighted by Gasteiger charge is -2.24. The number of H-pyrrole nitrogens is 1. The van der Waals surface area contributed by atoms with E-state index in [0.717, 1.165) is 32.3 Å². The number of aromatic amines is 1. The molecular weight excluding hydrogens is 441 g/mol. The average Bonchev–Trinajstić information content (AvgIpc) is 3.38. The molecule has 0 aliphatic carbocycles. The average molecular weight is 461 g/mol. The Morgan fingerprint density at radius 1 is 1.26 bits per heavy atom. The molecule has 0 saturated carbocycles. The number of alkyl halides is 3. The zero-order chi connectivity index (χ0) is 22.6. The van der Waals surface area contributed by atoms with E-state index in [0.29, 0.717) is 10.7 Å². The first-order chi connectivity index (χ1) is 14.7. The number of imidazole rings is 1. The lowest BCUT2D eigenvalue weighted by Crippen LogP contribution is -2.39. The molecule has 1 aliphatic rings. The van der Waals surface area contributed by atoms with Crippen LogP contribution in [0.3, 0.4) is 0 Å². The summed E-state index contributed by atoms with van der Waals surface area (Å²) in [7, 11) is 0. The highest BCUT2D eigenvalue weighted by atomic mass is 35.5. The van der Waals surface area contributed by atoms with Gasteiger partial charge in [-0.25, -0.2) is 19.7 Å². The van der Waals surface area contributed by atoms with Crippen molar-refractivity contribution in [1.29, 1.82) is 0 Å². The molecule has 3 heterocycles. The van der Waals surface area contributed by atoms with Gasteiger partial charge in [0.25, 0.3) is 5.91 Å². The molecule has 1 fully saturated rings. The Labute approximate surface area is 180 Å². The van der Waals surface area contributed by atoms with Gasteiger partial charge >= 0.3 is 12.1 Å². The summed E-state index contributed by atoms with van der Waals surface area (Å²) in [5.74, 6) is -1.43. The van der Waals surface area contributed by atoms with E-state index in [1.165, 1.54) is 6.20 Å². The SMILES string of the molecule is CCOC(=O)c1nc[nH]c1CN(CC(F)(F)F)C(=O)c1ncc(N2CCCC2)nc1Cl. The molecule has 3 rings (SSSR count). The van der Waals surface area contributed by atoms with E-state index in [2.05, 4.69) is 19.9 Å². The number of anilines is 1. The van der Waals surface area contributed by atoms with Crippen LogP contribution >= 0.6 is 11.6 Å². The van der Waals surface area contributed by atoms with Crippen molar-refractivity contribution in [1.82, 2.24) is 24.8 Å². The van der Waals surface area contributed by atoms with Gasteiger partial charge in [0.15, 0.2) is 16.5 Å². The molecule has 1 saturated heterocycles. The third kappa shape index (κ3) is 5.63. The smallest absolute Gasteiger partial charge is 0.406 e. The number of hydrogen-bond acceptors (Lipinski definition) is 7. The molecule has 31 heavy (non-hydrogen) atoms. The number of nitrogens with one attached hydrogen (secondary N) is 1. The summed E-state index contributed by atoms with van der Waals surface area (Å²) in [6.07, 6.45) is -0.292. The highest BCUT2D eigenvalue weighted by Gasteiger charge is 2.36. The van der Waals surface area contributed by atoms with Crippen molar-refractivity contribution < 1.29 is 27.5 Å². The summed E-state index contributed by atoms with van der Waals surface area (Å²) in [5.41, 5.74) is -0.622. The Bertz CT molecular complexity index is 946. The second kappa shape index (κ2) is 9.50. The van der Waals surface area contributed by atoms with Crippen LogP contribution in [0.25, 0.3) is 0 Å². The van der Waals surface area contributed by atoms with Gasteiger partial charge < -0.3 is 19.5 Å². The molecule has 1 amide bonds. The maximum absolute atomic E-state index is 13.2. The molecule has 0 radical (unpaired) electrons. The van der Waals surface area contributed by atoms with Crippen LogP contribution in [0.5, 0.6) is 0 Å². The van der Waals surface area contributed by atoms with Crippen LogP contribution in [0.15, 0.2) is 12.5 Å². The van der Waals surface area contributed by atoms with E-state index in [-0.39, 0.29) is 23.1 Å². The summed E-state index contributed by atoms with van der Waals surface area (Å²) >= 11 is 6.10. The molecule has 0 spiro atoms. The lowest BCUT2D eigenvalue weighted by molar-refractivity contribution is -0.141. The normalized spacial score (nSPS) is 14.0. The second-order valence-electron chi connectivity index (χ2n) is 6.79. The number of ether oxygens (including phenoxy) is 1. The summed E-state index contributed by atoms with van der Waals surface area (Å²) in [6, 6.07) is 0.